The summed E-state index contributed by atoms with van der Waals surface area (Å²) in [5, 5.41) is 20.1. The molecule has 2 N–H and O–H groups in total. The molecule has 0 unspecified atom stereocenters. The number of nitrogens with one attached hydrogen (secondary N) is 1. The van der Waals surface area contributed by atoms with Gasteiger partial charge in [0.2, 0.25) is 0 Å². The molecule has 5 heteroatoms. The average Bonchev–Trinajstić information content (AvgIpc) is 2.74. The Kier molecular flexibility index (Phi) is 3.94. The van der Waals surface area contributed by atoms with Crippen LogP contribution in [0.1, 0.15) is 16.8 Å². The van der Waals surface area contributed by atoms with Crippen molar-refractivity contribution in [2.24, 2.45) is 0 Å². The van der Waals surface area contributed by atoms with E-state index in [1.807, 2.05) is 6.20 Å². The Bertz CT molecular complexity index is 501. The molecule has 1 aromatic heterocycles. The van der Waals surface area contributed by atoms with E-state index in [1.165, 1.54) is 11.1 Å². The summed E-state index contributed by atoms with van der Waals surface area (Å²) < 4.78 is 1.64. The molecule has 96 valence electrons. The summed E-state index contributed by atoms with van der Waals surface area (Å²) in [5.41, 5.74) is 4.43. The first-order valence-corrected chi connectivity index (χ1v) is 5.99. The molecule has 0 amide bonds. The maximum absolute atomic E-state index is 8.79. The fraction of sp³-hybridized carbons (Fsp3) is 0.385. The van der Waals surface area contributed by atoms with Gasteiger partial charge < -0.3 is 10.4 Å². The van der Waals surface area contributed by atoms with Crippen LogP contribution < -0.4 is 5.32 Å². The zero-order valence-electron chi connectivity index (χ0n) is 10.7. The van der Waals surface area contributed by atoms with E-state index in [-0.39, 0.29) is 6.61 Å². The molecule has 2 rings (SSSR count). The first-order chi connectivity index (χ1) is 8.67. The van der Waals surface area contributed by atoms with Gasteiger partial charge >= 0.3 is 0 Å². The van der Waals surface area contributed by atoms with Gasteiger partial charge in [-0.1, -0.05) is 11.3 Å². The molecule has 0 aliphatic rings. The molecule has 5 nitrogen and oxygen atoms in total. The lowest BCUT2D eigenvalue weighted by atomic mass is 10.1. The number of benzene rings is 1. The maximum atomic E-state index is 8.79. The van der Waals surface area contributed by atoms with Crippen molar-refractivity contribution in [1.29, 1.82) is 0 Å². The van der Waals surface area contributed by atoms with Gasteiger partial charge in [-0.05, 0) is 37.1 Å². The highest BCUT2D eigenvalue weighted by molar-refractivity contribution is 5.48. The van der Waals surface area contributed by atoms with E-state index in [9.17, 15) is 0 Å². The molecule has 2 aromatic rings. The van der Waals surface area contributed by atoms with E-state index < -0.39 is 0 Å². The predicted octanol–water partition coefficient (Wildman–Crippen LogP) is 1.50. The normalized spacial score (nSPS) is 10.6. The van der Waals surface area contributed by atoms with Gasteiger partial charge in [-0.15, -0.1) is 5.10 Å². The van der Waals surface area contributed by atoms with Crippen LogP contribution in [0.2, 0.25) is 0 Å². The van der Waals surface area contributed by atoms with Crippen LogP contribution in [0.5, 0.6) is 0 Å². The first kappa shape index (κ1) is 12.6. The monoisotopic (exact) mass is 246 g/mol. The summed E-state index contributed by atoms with van der Waals surface area (Å²) in [7, 11) is 0. The molecule has 1 aromatic carbocycles. The standard InChI is InChI=1S/C13H18N4O/c1-10-5-11(2)7-12(6-10)14-8-13-9-17(3-4-18)16-15-13/h5-7,9,14,18H,3-4,8H2,1-2H3. The average molecular weight is 246 g/mol. The number of rotatable bonds is 5. The van der Waals surface area contributed by atoms with Crippen molar-refractivity contribution in [1.82, 2.24) is 15.0 Å². The van der Waals surface area contributed by atoms with Crippen LogP contribution in [-0.2, 0) is 13.1 Å². The summed E-state index contributed by atoms with van der Waals surface area (Å²) in [6.07, 6.45) is 1.84. The van der Waals surface area contributed by atoms with Crippen molar-refractivity contribution in [2.75, 3.05) is 11.9 Å². The fourth-order valence-electron chi connectivity index (χ4n) is 1.90. The van der Waals surface area contributed by atoms with Crippen LogP contribution >= 0.6 is 0 Å². The number of aromatic nitrogens is 3. The van der Waals surface area contributed by atoms with Gasteiger partial charge in [0, 0.05) is 5.69 Å². The Hall–Kier alpha value is -1.88. The zero-order chi connectivity index (χ0) is 13.0. The van der Waals surface area contributed by atoms with E-state index >= 15 is 0 Å². The smallest absolute Gasteiger partial charge is 0.102 e. The topological polar surface area (TPSA) is 63.0 Å². The Morgan fingerprint density at radius 3 is 2.61 bits per heavy atom. The SMILES string of the molecule is Cc1cc(C)cc(NCc2cn(CCO)nn2)c1. The largest absolute Gasteiger partial charge is 0.394 e. The van der Waals surface area contributed by atoms with Gasteiger partial charge in [-0.25, -0.2) is 4.68 Å². The summed E-state index contributed by atoms with van der Waals surface area (Å²) in [5.74, 6) is 0. The molecule has 0 aliphatic carbocycles. The fourth-order valence-corrected chi connectivity index (χ4v) is 1.90. The van der Waals surface area contributed by atoms with Crippen LogP contribution in [-0.4, -0.2) is 26.7 Å². The second kappa shape index (κ2) is 5.64. The van der Waals surface area contributed by atoms with Gasteiger partial charge in [-0.3, -0.25) is 0 Å². The quantitative estimate of drug-likeness (QED) is 0.839. The van der Waals surface area contributed by atoms with Crippen molar-refractivity contribution in [3.05, 3.63) is 41.2 Å². The molecule has 0 bridgehead atoms. The van der Waals surface area contributed by atoms with Gasteiger partial charge in [-0.2, -0.15) is 0 Å². The first-order valence-electron chi connectivity index (χ1n) is 5.99. The van der Waals surface area contributed by atoms with E-state index in [0.717, 1.165) is 11.4 Å². The van der Waals surface area contributed by atoms with Crippen LogP contribution in [0.15, 0.2) is 24.4 Å². The summed E-state index contributed by atoms with van der Waals surface area (Å²) in [6.45, 7) is 5.35. The molecule has 0 spiro atoms. The lowest BCUT2D eigenvalue weighted by Crippen LogP contribution is -2.02. The summed E-state index contributed by atoms with van der Waals surface area (Å²) >= 11 is 0. The number of aliphatic hydroxyl groups excluding tert-OH is 1. The number of anilines is 1. The number of hydrogen-bond donors (Lipinski definition) is 2. The molecule has 0 saturated carbocycles. The highest BCUT2D eigenvalue weighted by Crippen LogP contribution is 2.14. The number of aryl methyl sites for hydroxylation is 2. The van der Waals surface area contributed by atoms with Crippen LogP contribution in [0.4, 0.5) is 5.69 Å². The van der Waals surface area contributed by atoms with Crippen molar-refractivity contribution in [2.45, 2.75) is 26.9 Å². The van der Waals surface area contributed by atoms with Gasteiger partial charge in [0.1, 0.15) is 5.69 Å². The highest BCUT2D eigenvalue weighted by atomic mass is 16.3. The summed E-state index contributed by atoms with van der Waals surface area (Å²) in [4.78, 5) is 0. The minimum absolute atomic E-state index is 0.0767. The van der Waals surface area contributed by atoms with Crippen molar-refractivity contribution in [3.8, 4) is 0 Å². The van der Waals surface area contributed by atoms with Crippen LogP contribution in [0.25, 0.3) is 0 Å². The third kappa shape index (κ3) is 3.30. The lowest BCUT2D eigenvalue weighted by Gasteiger charge is -2.06. The Balaban J connectivity index is 1.97. The molecular weight excluding hydrogens is 228 g/mol. The number of hydrogen-bond acceptors (Lipinski definition) is 4. The van der Waals surface area contributed by atoms with E-state index in [1.54, 1.807) is 4.68 Å². The highest BCUT2D eigenvalue weighted by Gasteiger charge is 2.01. The molecule has 1 heterocycles. The van der Waals surface area contributed by atoms with Crippen LogP contribution in [0, 0.1) is 13.8 Å². The molecule has 18 heavy (non-hydrogen) atoms. The Labute approximate surface area is 106 Å². The molecule has 0 atom stereocenters. The Morgan fingerprint density at radius 2 is 1.94 bits per heavy atom. The van der Waals surface area contributed by atoms with Crippen LogP contribution in [0.3, 0.4) is 0 Å². The molecule has 0 aliphatic heterocycles. The molecule has 0 radical (unpaired) electrons. The van der Waals surface area contributed by atoms with E-state index in [0.29, 0.717) is 13.1 Å². The zero-order valence-corrected chi connectivity index (χ0v) is 10.7. The van der Waals surface area contributed by atoms with Crippen molar-refractivity contribution < 1.29 is 5.11 Å². The van der Waals surface area contributed by atoms with E-state index in [2.05, 4.69) is 47.7 Å². The third-order valence-electron chi connectivity index (χ3n) is 2.61. The van der Waals surface area contributed by atoms with Gasteiger partial charge in [0.25, 0.3) is 0 Å². The molecule has 0 fully saturated rings. The minimum atomic E-state index is 0.0767. The minimum Gasteiger partial charge on any atom is -0.394 e. The number of nitrogens with zero attached hydrogens (tertiary/aromatic N) is 3. The lowest BCUT2D eigenvalue weighted by molar-refractivity contribution is 0.268. The summed E-state index contributed by atoms with van der Waals surface area (Å²) in [6, 6.07) is 6.35. The van der Waals surface area contributed by atoms with Gasteiger partial charge in [0.05, 0.1) is 25.9 Å². The second-order valence-electron chi connectivity index (χ2n) is 4.43. The molecule has 0 saturated heterocycles. The maximum Gasteiger partial charge on any atom is 0.102 e. The van der Waals surface area contributed by atoms with Crippen molar-refractivity contribution >= 4 is 5.69 Å². The van der Waals surface area contributed by atoms with E-state index in [4.69, 9.17) is 5.11 Å². The Morgan fingerprint density at radius 1 is 1.22 bits per heavy atom. The third-order valence-corrected chi connectivity index (χ3v) is 2.61. The second-order valence-corrected chi connectivity index (χ2v) is 4.43. The van der Waals surface area contributed by atoms with Crippen molar-refractivity contribution in [3.63, 3.8) is 0 Å². The van der Waals surface area contributed by atoms with Gasteiger partial charge in [0.15, 0.2) is 0 Å². The number of aliphatic hydroxyl groups is 1. The predicted molar refractivity (Wildman–Crippen MR) is 70.4 cm³/mol. The molecular formula is C13H18N4O.